The van der Waals surface area contributed by atoms with Crippen LogP contribution in [0.4, 0.5) is 11.6 Å². The molecule has 5 aromatic rings. The summed E-state index contributed by atoms with van der Waals surface area (Å²) in [5, 5.41) is 1.07. The van der Waals surface area contributed by atoms with E-state index in [1.54, 1.807) is 12.3 Å². The molecule has 39 heavy (non-hydrogen) atoms. The maximum Gasteiger partial charge on any atom is 0.261 e. The molecule has 3 N–H and O–H groups in total. The van der Waals surface area contributed by atoms with E-state index in [-0.39, 0.29) is 6.61 Å². The molecule has 0 spiro atoms. The zero-order chi connectivity index (χ0) is 27.4. The first-order valence-corrected chi connectivity index (χ1v) is 13.9. The fraction of sp³-hybridized carbons (Fsp3) is 0.231. The number of hydrogen-bond donors (Lipinski definition) is 2. The molecular formula is C26H27N7O5S. The van der Waals surface area contributed by atoms with Crippen LogP contribution in [0.5, 0.6) is 5.88 Å². The van der Waals surface area contributed by atoms with E-state index in [4.69, 9.17) is 29.7 Å². The van der Waals surface area contributed by atoms with Gasteiger partial charge in [-0.05, 0) is 24.3 Å². The average molecular weight is 550 g/mol. The van der Waals surface area contributed by atoms with Crippen molar-refractivity contribution >= 4 is 38.3 Å². The van der Waals surface area contributed by atoms with Gasteiger partial charge in [0.1, 0.15) is 12.4 Å². The topological polar surface area (TPSA) is 158 Å². The Morgan fingerprint density at radius 1 is 1.03 bits per heavy atom. The van der Waals surface area contributed by atoms with Gasteiger partial charge in [-0.3, -0.25) is 8.95 Å². The van der Waals surface area contributed by atoms with Crippen LogP contribution in [-0.2, 0) is 21.5 Å². The summed E-state index contributed by atoms with van der Waals surface area (Å²) in [7, 11) is -3.67. The van der Waals surface area contributed by atoms with Crippen molar-refractivity contribution in [1.82, 2.24) is 24.3 Å². The molecule has 202 valence electrons. The minimum absolute atomic E-state index is 0.287. The Balaban J connectivity index is 0.000000567. The number of fused-ring (bicyclic) bond motifs is 2. The predicted octanol–water partition coefficient (Wildman–Crippen LogP) is 2.84. The van der Waals surface area contributed by atoms with Crippen LogP contribution in [0.15, 0.2) is 67.1 Å². The molecule has 5 heterocycles. The summed E-state index contributed by atoms with van der Waals surface area (Å²) in [5.74, 6) is 1.86. The second-order valence-electron chi connectivity index (χ2n) is 8.83. The minimum Gasteiger partial charge on any atom is -0.471 e. The SMILES string of the molecule is CS(=O)(=O)O.Nc1ccc(-c2cnc(N3CCOCC3)c3nc(COc4ccc5ccccc5n4)cn23)cn1. The first-order valence-electron chi connectivity index (χ1n) is 12.1. The summed E-state index contributed by atoms with van der Waals surface area (Å²) in [5.41, 5.74) is 10.0. The Hall–Kier alpha value is -4.33. The Morgan fingerprint density at radius 3 is 2.54 bits per heavy atom. The van der Waals surface area contributed by atoms with Crippen molar-refractivity contribution in [2.24, 2.45) is 0 Å². The van der Waals surface area contributed by atoms with Gasteiger partial charge in [0, 0.05) is 42.5 Å². The summed E-state index contributed by atoms with van der Waals surface area (Å²) >= 11 is 0. The van der Waals surface area contributed by atoms with E-state index in [1.165, 1.54) is 0 Å². The molecule has 0 atom stereocenters. The number of anilines is 2. The average Bonchev–Trinajstić information content (AvgIpc) is 3.36. The first-order chi connectivity index (χ1) is 18.7. The van der Waals surface area contributed by atoms with E-state index in [2.05, 4.69) is 14.9 Å². The van der Waals surface area contributed by atoms with Crippen molar-refractivity contribution in [2.45, 2.75) is 6.61 Å². The predicted molar refractivity (Wildman–Crippen MR) is 147 cm³/mol. The maximum atomic E-state index is 9.19. The number of nitrogen functional groups attached to an aromatic ring is 1. The van der Waals surface area contributed by atoms with Crippen molar-refractivity contribution in [3.8, 4) is 17.1 Å². The summed E-state index contributed by atoms with van der Waals surface area (Å²) in [6, 6.07) is 15.6. The van der Waals surface area contributed by atoms with Crippen molar-refractivity contribution in [3.63, 3.8) is 0 Å². The third kappa shape index (κ3) is 6.57. The molecule has 12 nitrogen and oxygen atoms in total. The normalized spacial score (nSPS) is 13.7. The van der Waals surface area contributed by atoms with Gasteiger partial charge in [0.15, 0.2) is 11.5 Å². The number of aromatic nitrogens is 5. The number of rotatable bonds is 5. The van der Waals surface area contributed by atoms with E-state index in [0.717, 1.165) is 52.4 Å². The third-order valence-corrected chi connectivity index (χ3v) is 5.86. The van der Waals surface area contributed by atoms with Crippen LogP contribution in [0.3, 0.4) is 0 Å². The van der Waals surface area contributed by atoms with Crippen molar-refractivity contribution in [3.05, 3.63) is 72.8 Å². The van der Waals surface area contributed by atoms with E-state index in [9.17, 15) is 8.42 Å². The third-order valence-electron chi connectivity index (χ3n) is 5.86. The molecule has 0 amide bonds. The number of nitrogens with two attached hydrogens (primary N) is 1. The summed E-state index contributed by atoms with van der Waals surface area (Å²) < 4.78 is 39.4. The molecule has 0 aliphatic carbocycles. The van der Waals surface area contributed by atoms with Crippen LogP contribution in [0.25, 0.3) is 27.8 Å². The van der Waals surface area contributed by atoms with Crippen LogP contribution in [0.1, 0.15) is 5.69 Å². The molecule has 0 bridgehead atoms. The quantitative estimate of drug-likeness (QED) is 0.311. The number of pyridine rings is 2. The Morgan fingerprint density at radius 2 is 1.79 bits per heavy atom. The highest BCUT2D eigenvalue weighted by Crippen LogP contribution is 2.27. The molecule has 1 aliphatic heterocycles. The maximum absolute atomic E-state index is 9.19. The second-order valence-corrected chi connectivity index (χ2v) is 10.3. The first kappa shape index (κ1) is 26.3. The molecule has 1 aliphatic rings. The number of imidazole rings is 1. The second kappa shape index (κ2) is 11.2. The lowest BCUT2D eigenvalue weighted by atomic mass is 10.2. The van der Waals surface area contributed by atoms with Gasteiger partial charge in [0.25, 0.3) is 10.1 Å². The number of ether oxygens (including phenoxy) is 2. The van der Waals surface area contributed by atoms with E-state index in [1.807, 2.05) is 59.3 Å². The van der Waals surface area contributed by atoms with Gasteiger partial charge in [-0.25, -0.2) is 19.9 Å². The van der Waals surface area contributed by atoms with Gasteiger partial charge >= 0.3 is 0 Å². The lowest BCUT2D eigenvalue weighted by molar-refractivity contribution is 0.122. The van der Waals surface area contributed by atoms with E-state index >= 15 is 0 Å². The molecule has 0 radical (unpaired) electrons. The Labute approximate surface area is 224 Å². The van der Waals surface area contributed by atoms with Crippen LogP contribution in [0.2, 0.25) is 0 Å². The number of morpholine rings is 1. The summed E-state index contributed by atoms with van der Waals surface area (Å²) in [6.45, 7) is 3.16. The number of para-hydroxylation sites is 1. The van der Waals surface area contributed by atoms with Crippen LogP contribution in [0, 0.1) is 0 Å². The molecule has 4 aromatic heterocycles. The standard InChI is InChI=1S/C25H23N7O2.CH4O3S/c26-22-7-5-18(13-27-22)21-14-28-24(31-9-11-33-12-10-31)25-29-19(15-32(21)25)16-34-23-8-6-17-3-1-2-4-20(17)30-23;1-5(2,3)4/h1-8,13-15H,9-12,16H2,(H2,26,27);1H3,(H,2,3,4). The van der Waals surface area contributed by atoms with Gasteiger partial charge in [0.2, 0.25) is 5.88 Å². The van der Waals surface area contributed by atoms with Gasteiger partial charge in [-0.15, -0.1) is 0 Å². The van der Waals surface area contributed by atoms with E-state index in [0.29, 0.717) is 31.2 Å². The Bertz CT molecular complexity index is 1690. The summed E-state index contributed by atoms with van der Waals surface area (Å²) in [4.78, 5) is 20.7. The van der Waals surface area contributed by atoms with Crippen LogP contribution < -0.4 is 15.4 Å². The molecule has 1 aromatic carbocycles. The van der Waals surface area contributed by atoms with Gasteiger partial charge in [-0.2, -0.15) is 8.42 Å². The Kier molecular flexibility index (Phi) is 7.54. The van der Waals surface area contributed by atoms with Crippen molar-refractivity contribution in [1.29, 1.82) is 0 Å². The van der Waals surface area contributed by atoms with Crippen LogP contribution >= 0.6 is 0 Å². The smallest absolute Gasteiger partial charge is 0.261 e. The van der Waals surface area contributed by atoms with Crippen molar-refractivity contribution in [2.75, 3.05) is 43.2 Å². The minimum atomic E-state index is -3.67. The molecule has 13 heteroatoms. The summed E-state index contributed by atoms with van der Waals surface area (Å²) in [6.07, 6.45) is 6.29. The zero-order valence-electron chi connectivity index (χ0n) is 21.1. The van der Waals surface area contributed by atoms with Crippen molar-refractivity contribution < 1.29 is 22.4 Å². The number of nitrogens with zero attached hydrogens (tertiary/aromatic N) is 6. The monoisotopic (exact) mass is 549 g/mol. The highest BCUT2D eigenvalue weighted by molar-refractivity contribution is 7.85. The van der Waals surface area contributed by atoms with Crippen LogP contribution in [-0.4, -0.2) is 69.9 Å². The zero-order valence-corrected chi connectivity index (χ0v) is 22.0. The van der Waals surface area contributed by atoms with Gasteiger partial charge in [0.05, 0.1) is 42.6 Å². The number of hydrogen-bond acceptors (Lipinski definition) is 10. The van der Waals surface area contributed by atoms with E-state index < -0.39 is 10.1 Å². The van der Waals surface area contributed by atoms with Gasteiger partial charge in [-0.1, -0.05) is 18.2 Å². The molecule has 0 unspecified atom stereocenters. The highest BCUT2D eigenvalue weighted by Gasteiger charge is 2.20. The fourth-order valence-corrected chi connectivity index (χ4v) is 4.13. The molecule has 1 fully saturated rings. The lowest BCUT2D eigenvalue weighted by Gasteiger charge is -2.28. The molecular weight excluding hydrogens is 522 g/mol. The van der Waals surface area contributed by atoms with Gasteiger partial charge < -0.3 is 20.1 Å². The molecule has 1 saturated heterocycles. The molecule has 0 saturated carbocycles. The highest BCUT2D eigenvalue weighted by atomic mass is 32.2. The largest absolute Gasteiger partial charge is 0.471 e. The number of benzene rings is 1. The lowest BCUT2D eigenvalue weighted by Crippen LogP contribution is -2.37. The fourth-order valence-electron chi connectivity index (χ4n) is 4.13. The molecule has 6 rings (SSSR count).